The fraction of sp³-hybridized carbons (Fsp3) is 0.190. The molecule has 0 saturated heterocycles. The minimum absolute atomic E-state index is 0.120. The van der Waals surface area contributed by atoms with Crippen LogP contribution in [0.3, 0.4) is 0 Å². The van der Waals surface area contributed by atoms with Crippen LogP contribution in [0.2, 0.25) is 0 Å². The Morgan fingerprint density at radius 3 is 2.26 bits per heavy atom. The van der Waals surface area contributed by atoms with Crippen LogP contribution < -0.4 is 10.6 Å². The van der Waals surface area contributed by atoms with Crippen molar-refractivity contribution in [3.8, 4) is 0 Å². The van der Waals surface area contributed by atoms with Gasteiger partial charge in [0.25, 0.3) is 0 Å². The van der Waals surface area contributed by atoms with Gasteiger partial charge in [-0.1, -0.05) is 24.3 Å². The average Bonchev–Trinajstić information content (AvgIpc) is 3.22. The molecule has 0 fully saturated rings. The lowest BCUT2D eigenvalue weighted by molar-refractivity contribution is 0.0980. The van der Waals surface area contributed by atoms with Crippen LogP contribution in [-0.4, -0.2) is 35.1 Å². The number of H-pyrrole nitrogens is 1. The summed E-state index contributed by atoms with van der Waals surface area (Å²) in [5.74, 6) is 0.694. The monoisotopic (exact) mass is 360 g/mol. The van der Waals surface area contributed by atoms with Crippen molar-refractivity contribution < 1.29 is 9.59 Å². The highest BCUT2D eigenvalue weighted by Gasteiger charge is 2.33. The molecule has 136 valence electrons. The topological polar surface area (TPSA) is 86.9 Å². The van der Waals surface area contributed by atoms with Gasteiger partial charge in [0.15, 0.2) is 11.6 Å². The van der Waals surface area contributed by atoms with Gasteiger partial charge in [0.05, 0.1) is 11.1 Å². The van der Waals surface area contributed by atoms with Gasteiger partial charge in [-0.05, 0) is 18.6 Å². The number of ketones is 2. The number of imidazole rings is 1. The predicted molar refractivity (Wildman–Crippen MR) is 105 cm³/mol. The van der Waals surface area contributed by atoms with Crippen LogP contribution >= 0.6 is 0 Å². The van der Waals surface area contributed by atoms with Crippen molar-refractivity contribution >= 4 is 22.9 Å². The minimum atomic E-state index is -0.121. The number of hydrogen-bond acceptors (Lipinski definition) is 5. The molecule has 1 aliphatic carbocycles. The average molecular weight is 360 g/mol. The number of rotatable bonds is 6. The van der Waals surface area contributed by atoms with Crippen molar-refractivity contribution in [3.05, 3.63) is 76.9 Å². The molecule has 6 nitrogen and oxygen atoms in total. The summed E-state index contributed by atoms with van der Waals surface area (Å²) in [7, 11) is 1.75. The Morgan fingerprint density at radius 1 is 0.963 bits per heavy atom. The fourth-order valence-corrected chi connectivity index (χ4v) is 3.49. The zero-order valence-electron chi connectivity index (χ0n) is 15.0. The summed E-state index contributed by atoms with van der Waals surface area (Å²) in [5.41, 5.74) is 3.17. The van der Waals surface area contributed by atoms with E-state index in [1.807, 2.05) is 12.1 Å². The van der Waals surface area contributed by atoms with Crippen LogP contribution in [0.4, 0.5) is 11.4 Å². The molecule has 3 aromatic rings. The highest BCUT2D eigenvalue weighted by molar-refractivity contribution is 6.31. The molecule has 27 heavy (non-hydrogen) atoms. The first-order valence-corrected chi connectivity index (χ1v) is 8.96. The SMILES string of the molecule is CNc1ccc(NCCCc2ncc[nH]2)c2c1C(=O)c1ccccc1C2=O. The summed E-state index contributed by atoms with van der Waals surface area (Å²) >= 11 is 0. The summed E-state index contributed by atoms with van der Waals surface area (Å²) in [6.07, 6.45) is 5.20. The molecule has 1 aromatic heterocycles. The summed E-state index contributed by atoms with van der Waals surface area (Å²) in [4.78, 5) is 33.5. The van der Waals surface area contributed by atoms with E-state index in [0.29, 0.717) is 40.2 Å². The molecule has 0 aliphatic heterocycles. The van der Waals surface area contributed by atoms with Crippen molar-refractivity contribution in [3.63, 3.8) is 0 Å². The molecule has 0 radical (unpaired) electrons. The molecular weight excluding hydrogens is 340 g/mol. The lowest BCUT2D eigenvalue weighted by Crippen LogP contribution is -2.24. The number of aromatic amines is 1. The Kier molecular flexibility index (Phi) is 4.46. The smallest absolute Gasteiger partial charge is 0.196 e. The molecule has 3 N–H and O–H groups in total. The van der Waals surface area contributed by atoms with E-state index < -0.39 is 0 Å². The molecule has 0 atom stereocenters. The van der Waals surface area contributed by atoms with Crippen LogP contribution in [0.15, 0.2) is 48.8 Å². The minimum Gasteiger partial charge on any atom is -0.388 e. The third-order valence-electron chi connectivity index (χ3n) is 4.81. The molecule has 1 aliphatic rings. The fourth-order valence-electron chi connectivity index (χ4n) is 3.49. The number of anilines is 2. The van der Waals surface area contributed by atoms with E-state index >= 15 is 0 Å². The molecule has 2 aromatic carbocycles. The van der Waals surface area contributed by atoms with Gasteiger partial charge in [-0.3, -0.25) is 9.59 Å². The Hall–Kier alpha value is -3.41. The molecule has 0 spiro atoms. The maximum absolute atomic E-state index is 13.1. The lowest BCUT2D eigenvalue weighted by Gasteiger charge is -2.23. The number of fused-ring (bicyclic) bond motifs is 2. The molecule has 0 unspecified atom stereocenters. The van der Waals surface area contributed by atoms with Crippen LogP contribution in [0.1, 0.15) is 44.1 Å². The number of aryl methyl sites for hydroxylation is 1. The quantitative estimate of drug-likeness (QED) is 0.459. The highest BCUT2D eigenvalue weighted by atomic mass is 16.1. The number of nitrogens with zero attached hydrogens (tertiary/aromatic N) is 1. The second-order valence-corrected chi connectivity index (χ2v) is 6.43. The molecule has 6 heteroatoms. The Bertz CT molecular complexity index is 1010. The van der Waals surface area contributed by atoms with E-state index in [2.05, 4.69) is 20.6 Å². The van der Waals surface area contributed by atoms with Crippen LogP contribution in [0.5, 0.6) is 0 Å². The summed E-state index contributed by atoms with van der Waals surface area (Å²) < 4.78 is 0. The third-order valence-corrected chi connectivity index (χ3v) is 4.81. The third kappa shape index (κ3) is 2.99. The lowest BCUT2D eigenvalue weighted by atomic mass is 9.82. The standard InChI is InChI=1S/C21H20N4O2/c1-22-15-8-9-16(23-10-4-7-17-24-11-12-25-17)19-18(15)20(26)13-5-2-3-6-14(13)21(19)27/h2-3,5-6,8-9,11-12,22-23H,4,7,10H2,1H3,(H,24,25). The van der Waals surface area contributed by atoms with Crippen LogP contribution in [-0.2, 0) is 6.42 Å². The normalized spacial score (nSPS) is 12.5. The number of benzene rings is 2. The zero-order valence-corrected chi connectivity index (χ0v) is 15.0. The van der Waals surface area contributed by atoms with E-state index in [4.69, 9.17) is 0 Å². The van der Waals surface area contributed by atoms with E-state index in [1.54, 1.807) is 43.7 Å². The second kappa shape index (κ2) is 7.07. The Morgan fingerprint density at radius 2 is 1.63 bits per heavy atom. The highest BCUT2D eigenvalue weighted by Crippen LogP contribution is 2.36. The van der Waals surface area contributed by atoms with Crippen molar-refractivity contribution in [2.75, 3.05) is 24.2 Å². The number of nitrogens with one attached hydrogen (secondary N) is 3. The van der Waals surface area contributed by atoms with Gasteiger partial charge in [0.1, 0.15) is 5.82 Å². The maximum Gasteiger partial charge on any atom is 0.196 e. The van der Waals surface area contributed by atoms with Crippen LogP contribution in [0.25, 0.3) is 0 Å². The number of carbonyl (C=O) groups is 2. The number of hydrogen-bond donors (Lipinski definition) is 3. The molecule has 4 rings (SSSR count). The largest absolute Gasteiger partial charge is 0.388 e. The number of carbonyl (C=O) groups excluding carboxylic acids is 2. The van der Waals surface area contributed by atoms with Gasteiger partial charge in [-0.15, -0.1) is 0 Å². The molecule has 0 amide bonds. The first-order valence-electron chi connectivity index (χ1n) is 8.96. The first-order chi connectivity index (χ1) is 13.2. The van der Waals surface area contributed by atoms with Crippen molar-refractivity contribution in [1.82, 2.24) is 9.97 Å². The summed E-state index contributed by atoms with van der Waals surface area (Å²) in [6.45, 7) is 0.676. The van der Waals surface area contributed by atoms with E-state index in [0.717, 1.165) is 18.7 Å². The van der Waals surface area contributed by atoms with Crippen LogP contribution in [0, 0.1) is 0 Å². The molecule has 1 heterocycles. The van der Waals surface area contributed by atoms with Gasteiger partial charge < -0.3 is 15.6 Å². The van der Waals surface area contributed by atoms with Gasteiger partial charge in [-0.2, -0.15) is 0 Å². The van der Waals surface area contributed by atoms with Gasteiger partial charge in [0, 0.05) is 54.9 Å². The maximum atomic E-state index is 13.1. The van der Waals surface area contributed by atoms with E-state index in [-0.39, 0.29) is 11.6 Å². The molecule has 0 bridgehead atoms. The van der Waals surface area contributed by atoms with E-state index in [1.165, 1.54) is 0 Å². The second-order valence-electron chi connectivity index (χ2n) is 6.43. The van der Waals surface area contributed by atoms with Gasteiger partial charge in [0.2, 0.25) is 0 Å². The van der Waals surface area contributed by atoms with Gasteiger partial charge >= 0.3 is 0 Å². The van der Waals surface area contributed by atoms with E-state index in [9.17, 15) is 9.59 Å². The first kappa shape index (κ1) is 17.0. The summed E-state index contributed by atoms with van der Waals surface area (Å²) in [6, 6.07) is 10.7. The molecular formula is C21H20N4O2. The van der Waals surface area contributed by atoms with Crippen molar-refractivity contribution in [2.24, 2.45) is 0 Å². The zero-order chi connectivity index (χ0) is 18.8. The predicted octanol–water partition coefficient (Wildman–Crippen LogP) is 3.27. The number of aromatic nitrogens is 2. The summed E-state index contributed by atoms with van der Waals surface area (Å²) in [5, 5.41) is 6.36. The van der Waals surface area contributed by atoms with Crippen molar-refractivity contribution in [1.29, 1.82) is 0 Å². The Balaban J connectivity index is 1.64. The molecule has 0 saturated carbocycles. The van der Waals surface area contributed by atoms with Crippen molar-refractivity contribution in [2.45, 2.75) is 12.8 Å². The van der Waals surface area contributed by atoms with Gasteiger partial charge in [-0.25, -0.2) is 4.98 Å². The Labute approximate surface area is 157 Å².